The van der Waals surface area contributed by atoms with Crippen LogP contribution < -0.4 is 0 Å². The van der Waals surface area contributed by atoms with Gasteiger partial charge in [0.2, 0.25) is 0 Å². The van der Waals surface area contributed by atoms with Crippen molar-refractivity contribution in [3.63, 3.8) is 0 Å². The summed E-state index contributed by atoms with van der Waals surface area (Å²) in [7, 11) is 0. The molecule has 16 heavy (non-hydrogen) atoms. The molecule has 0 amide bonds. The maximum absolute atomic E-state index is 11.9. The highest BCUT2D eigenvalue weighted by atomic mass is 16.5. The van der Waals surface area contributed by atoms with Crippen LogP contribution in [-0.4, -0.2) is 29.0 Å². The van der Waals surface area contributed by atoms with Crippen molar-refractivity contribution in [2.45, 2.75) is 56.8 Å². The van der Waals surface area contributed by atoms with E-state index in [0.29, 0.717) is 18.0 Å². The van der Waals surface area contributed by atoms with Crippen LogP contribution >= 0.6 is 0 Å². The van der Waals surface area contributed by atoms with Crippen LogP contribution in [0.1, 0.15) is 32.6 Å². The van der Waals surface area contributed by atoms with Crippen molar-refractivity contribution in [3.8, 4) is 0 Å². The van der Waals surface area contributed by atoms with Gasteiger partial charge in [0.05, 0.1) is 17.5 Å². The molecule has 5 heteroatoms. The lowest BCUT2D eigenvalue weighted by Crippen LogP contribution is -2.57. The fourth-order valence-electron chi connectivity index (χ4n) is 4.57. The molecule has 0 spiro atoms. The Morgan fingerprint density at radius 3 is 2.56 bits per heavy atom. The standard InChI is InChI=1S/C11H16N4O/c1-11-8-4-2-6-10(11)7(13-12-6)3-5-9(11)15(16)14-8/h6-10H,2-5H2,1H3/t6-,7+,8?,9?,10?,11+/m0/s1. The molecule has 0 saturated heterocycles. The monoisotopic (exact) mass is 220 g/mol. The topological polar surface area (TPSA) is 63.1 Å². The first kappa shape index (κ1) is 9.07. The van der Waals surface area contributed by atoms with Crippen molar-refractivity contribution >= 4 is 0 Å². The molecule has 0 aromatic heterocycles. The normalized spacial score (nSPS) is 57.3. The second kappa shape index (κ2) is 2.63. The quantitative estimate of drug-likeness (QED) is 0.455. The summed E-state index contributed by atoms with van der Waals surface area (Å²) in [5.74, 6) is 0.479. The lowest BCUT2D eigenvalue weighted by atomic mass is 9.54. The van der Waals surface area contributed by atoms with E-state index in [-0.39, 0.29) is 17.5 Å². The first-order valence-electron chi connectivity index (χ1n) is 6.28. The highest BCUT2D eigenvalue weighted by molar-refractivity contribution is 5.14. The predicted molar refractivity (Wildman–Crippen MR) is 56.1 cm³/mol. The fraction of sp³-hybridized carbons (Fsp3) is 1.00. The molecule has 4 aliphatic rings. The van der Waals surface area contributed by atoms with Crippen molar-refractivity contribution in [1.82, 2.24) is 0 Å². The van der Waals surface area contributed by atoms with Gasteiger partial charge in [0, 0.05) is 12.3 Å². The zero-order valence-corrected chi connectivity index (χ0v) is 9.41. The van der Waals surface area contributed by atoms with Gasteiger partial charge in [0.25, 0.3) is 0 Å². The van der Waals surface area contributed by atoms with Gasteiger partial charge in [-0.1, -0.05) is 11.8 Å². The Hall–Kier alpha value is -1.00. The van der Waals surface area contributed by atoms with E-state index >= 15 is 0 Å². The van der Waals surface area contributed by atoms with Crippen molar-refractivity contribution < 1.29 is 4.86 Å². The Morgan fingerprint density at radius 2 is 1.81 bits per heavy atom. The Morgan fingerprint density at radius 1 is 1.12 bits per heavy atom. The third-order valence-corrected chi connectivity index (χ3v) is 5.34. The first-order chi connectivity index (χ1) is 7.71. The summed E-state index contributed by atoms with van der Waals surface area (Å²) in [6.07, 6.45) is 4.03. The molecule has 4 rings (SSSR count). The Kier molecular flexibility index (Phi) is 1.49. The molecule has 2 fully saturated rings. The van der Waals surface area contributed by atoms with Crippen LogP contribution in [0, 0.1) is 16.5 Å². The summed E-state index contributed by atoms with van der Waals surface area (Å²) in [6, 6.07) is 1.05. The highest BCUT2D eigenvalue weighted by Gasteiger charge is 2.67. The van der Waals surface area contributed by atoms with Gasteiger partial charge in [-0.3, -0.25) is 0 Å². The van der Waals surface area contributed by atoms with Crippen molar-refractivity contribution in [2.24, 2.45) is 26.7 Å². The average Bonchev–Trinajstić information content (AvgIpc) is 2.76. The third kappa shape index (κ3) is 0.812. The zero-order chi connectivity index (χ0) is 10.9. The summed E-state index contributed by atoms with van der Waals surface area (Å²) in [5.41, 5.74) is 0.0388. The Bertz CT molecular complexity index is 399. The number of hydrogen-bond donors (Lipinski definition) is 0. The largest absolute Gasteiger partial charge is 0.600 e. The molecule has 2 heterocycles. The summed E-state index contributed by atoms with van der Waals surface area (Å²) in [4.78, 5) is 1.00. The predicted octanol–water partition coefficient (Wildman–Crippen LogP) is 2.11. The summed E-state index contributed by atoms with van der Waals surface area (Å²) >= 11 is 0. The lowest BCUT2D eigenvalue weighted by Gasteiger charge is -2.46. The van der Waals surface area contributed by atoms with Crippen LogP contribution in [0.4, 0.5) is 0 Å². The molecule has 2 saturated carbocycles. The molecule has 0 radical (unpaired) electrons. The minimum Gasteiger partial charge on any atom is -0.600 e. The van der Waals surface area contributed by atoms with Crippen LogP contribution in [-0.2, 0) is 0 Å². The van der Waals surface area contributed by atoms with Crippen molar-refractivity contribution in [2.75, 3.05) is 0 Å². The number of hydroxylamine groups is 1. The molecular weight excluding hydrogens is 204 g/mol. The van der Waals surface area contributed by atoms with Gasteiger partial charge in [-0.15, -0.1) is 0 Å². The van der Waals surface area contributed by atoms with Gasteiger partial charge in [-0.05, 0) is 24.4 Å². The molecule has 0 N–H and O–H groups in total. The van der Waals surface area contributed by atoms with Gasteiger partial charge in [-0.2, -0.15) is 10.2 Å². The molecule has 0 aromatic carbocycles. The molecule has 0 bridgehead atoms. The van der Waals surface area contributed by atoms with Crippen molar-refractivity contribution in [1.29, 1.82) is 0 Å². The number of rotatable bonds is 0. The Labute approximate surface area is 94.2 Å². The van der Waals surface area contributed by atoms with Crippen LogP contribution in [0.2, 0.25) is 0 Å². The van der Waals surface area contributed by atoms with Crippen LogP contribution in [0.25, 0.3) is 0 Å². The first-order valence-corrected chi connectivity index (χ1v) is 6.28. The Balaban J connectivity index is 1.84. The highest BCUT2D eigenvalue weighted by Crippen LogP contribution is 2.58. The fourth-order valence-corrected chi connectivity index (χ4v) is 4.57. The van der Waals surface area contributed by atoms with E-state index in [1.807, 2.05) is 0 Å². The van der Waals surface area contributed by atoms with Crippen LogP contribution in [0.5, 0.6) is 0 Å². The van der Waals surface area contributed by atoms with Crippen molar-refractivity contribution in [3.05, 3.63) is 5.21 Å². The van der Waals surface area contributed by atoms with E-state index in [9.17, 15) is 5.21 Å². The second-order valence-electron chi connectivity index (χ2n) is 5.86. The minimum absolute atomic E-state index is 0.0388. The molecule has 2 aliphatic heterocycles. The van der Waals surface area contributed by atoms with E-state index in [0.717, 1.165) is 30.5 Å². The van der Waals surface area contributed by atoms with E-state index < -0.39 is 0 Å². The van der Waals surface area contributed by atoms with Gasteiger partial charge < -0.3 is 5.21 Å². The van der Waals surface area contributed by atoms with Crippen LogP contribution in [0.15, 0.2) is 15.3 Å². The zero-order valence-electron chi connectivity index (χ0n) is 9.41. The molecule has 3 unspecified atom stereocenters. The average molecular weight is 220 g/mol. The number of nitrogens with zero attached hydrogens (tertiary/aromatic N) is 4. The van der Waals surface area contributed by atoms with Crippen LogP contribution in [0.3, 0.4) is 0 Å². The molecule has 6 atom stereocenters. The summed E-state index contributed by atoms with van der Waals surface area (Å²) in [5, 5.41) is 25.1. The van der Waals surface area contributed by atoms with E-state index in [1.165, 1.54) is 0 Å². The van der Waals surface area contributed by atoms with E-state index in [1.54, 1.807) is 0 Å². The van der Waals surface area contributed by atoms with Gasteiger partial charge in [-0.25, -0.2) is 0 Å². The second-order valence-corrected chi connectivity index (χ2v) is 5.86. The summed E-state index contributed by atoms with van der Waals surface area (Å²) < 4.78 is 0. The van der Waals surface area contributed by atoms with E-state index in [4.69, 9.17) is 0 Å². The number of azo groups is 2. The maximum atomic E-state index is 11.9. The number of hydrogen-bond acceptors (Lipinski definition) is 4. The SMILES string of the molecule is C[C@@]12C3CC[C@@H]4N=N[C@H](CCC1[N+]([O-])=N3)C42. The van der Waals surface area contributed by atoms with E-state index in [2.05, 4.69) is 22.3 Å². The minimum atomic E-state index is 0.0388. The lowest BCUT2D eigenvalue weighted by molar-refractivity contribution is -0.567. The summed E-state index contributed by atoms with van der Waals surface area (Å²) in [6.45, 7) is 2.25. The maximum Gasteiger partial charge on any atom is 0.197 e. The molecule has 86 valence electrons. The molecule has 0 aromatic rings. The van der Waals surface area contributed by atoms with Gasteiger partial charge in [0.1, 0.15) is 6.04 Å². The van der Waals surface area contributed by atoms with Gasteiger partial charge >= 0.3 is 0 Å². The molecule has 2 aliphatic carbocycles. The van der Waals surface area contributed by atoms with Gasteiger partial charge in [0.15, 0.2) is 6.04 Å². The molecule has 5 nitrogen and oxygen atoms in total. The smallest absolute Gasteiger partial charge is 0.197 e. The molecular formula is C11H16N4O. The third-order valence-electron chi connectivity index (χ3n) is 5.34.